The Hall–Kier alpha value is -3.34. The zero-order valence-corrected chi connectivity index (χ0v) is 18.8. The van der Waals surface area contributed by atoms with Crippen LogP contribution in [0.3, 0.4) is 0 Å². The number of carbonyl (C=O) groups excluding carboxylic acids is 3. The van der Waals surface area contributed by atoms with Gasteiger partial charge in [-0.2, -0.15) is 0 Å². The molecule has 4 atom stereocenters. The van der Waals surface area contributed by atoms with Crippen LogP contribution in [0.2, 0.25) is 0 Å². The number of nitrogens with zero attached hydrogens (tertiary/aromatic N) is 3. The average molecular weight is 475 g/mol. The van der Waals surface area contributed by atoms with E-state index in [9.17, 15) is 29.5 Å². The van der Waals surface area contributed by atoms with E-state index in [1.54, 1.807) is 10.4 Å². The van der Waals surface area contributed by atoms with Crippen molar-refractivity contribution in [3.8, 4) is 0 Å². The number of hydrogen-bond acceptors (Lipinski definition) is 6. The van der Waals surface area contributed by atoms with E-state index >= 15 is 0 Å². The number of carbonyl (C=O) groups is 4. The molecule has 3 aliphatic heterocycles. The van der Waals surface area contributed by atoms with Crippen molar-refractivity contribution in [3.63, 3.8) is 0 Å². The Morgan fingerprint density at radius 2 is 1.68 bits per heavy atom. The fourth-order valence-electron chi connectivity index (χ4n) is 5.22. The van der Waals surface area contributed by atoms with Crippen LogP contribution in [0.1, 0.15) is 37.2 Å². The number of nitrogens with one attached hydrogen (secondary N) is 1. The molecule has 0 aromatic heterocycles. The van der Waals surface area contributed by atoms with E-state index in [0.29, 0.717) is 26.2 Å². The predicted molar refractivity (Wildman–Crippen MR) is 118 cm³/mol. The van der Waals surface area contributed by atoms with Crippen molar-refractivity contribution in [1.29, 1.82) is 0 Å². The van der Waals surface area contributed by atoms with Crippen LogP contribution in [0.25, 0.3) is 0 Å². The number of hydrogen-bond donors (Lipinski definition) is 3. The number of benzene rings is 1. The lowest BCUT2D eigenvalue weighted by Gasteiger charge is -2.42. The van der Waals surface area contributed by atoms with Crippen LogP contribution >= 0.6 is 0 Å². The maximum Gasteiger partial charge on any atom is 0.410 e. The summed E-state index contributed by atoms with van der Waals surface area (Å²) < 4.78 is 5.50. The normalized spacial score (nSPS) is 26.9. The number of hydroxylamine groups is 1. The van der Waals surface area contributed by atoms with Gasteiger partial charge < -0.3 is 19.6 Å². The molecule has 3 N–H and O–H groups in total. The SMILES string of the molecule is O=C(NO)[C@H]1CC(OC(=O)N2CCCC2)CN(C(=O)O)[C@@H]1C(=O)N1CC[C@@H](c2ccccc2)C1. The minimum Gasteiger partial charge on any atom is -0.465 e. The van der Waals surface area contributed by atoms with E-state index < -0.39 is 42.1 Å². The minimum atomic E-state index is -1.39. The molecule has 11 heteroatoms. The molecular formula is C23H30N4O7. The van der Waals surface area contributed by atoms with Crippen molar-refractivity contribution in [2.24, 2.45) is 5.92 Å². The lowest BCUT2D eigenvalue weighted by molar-refractivity contribution is -0.150. The Kier molecular flexibility index (Phi) is 7.20. The monoisotopic (exact) mass is 474 g/mol. The van der Waals surface area contributed by atoms with Gasteiger partial charge in [-0.3, -0.25) is 19.7 Å². The van der Waals surface area contributed by atoms with E-state index in [-0.39, 0.29) is 18.9 Å². The van der Waals surface area contributed by atoms with Gasteiger partial charge in [0.25, 0.3) is 0 Å². The van der Waals surface area contributed by atoms with Crippen LogP contribution in [0, 0.1) is 5.92 Å². The van der Waals surface area contributed by atoms with E-state index in [1.165, 1.54) is 4.90 Å². The molecule has 1 aromatic rings. The lowest BCUT2D eigenvalue weighted by atomic mass is 9.86. The molecule has 3 heterocycles. The number of carboxylic acid groups (broad SMARTS) is 1. The first kappa shape index (κ1) is 23.8. The van der Waals surface area contributed by atoms with Gasteiger partial charge in [-0.15, -0.1) is 0 Å². The van der Waals surface area contributed by atoms with Crippen molar-refractivity contribution in [2.45, 2.75) is 43.7 Å². The van der Waals surface area contributed by atoms with Crippen LogP contribution in [0.15, 0.2) is 30.3 Å². The molecule has 3 fully saturated rings. The summed E-state index contributed by atoms with van der Waals surface area (Å²) in [6.45, 7) is 1.74. The fourth-order valence-corrected chi connectivity index (χ4v) is 5.22. The molecule has 1 unspecified atom stereocenters. The van der Waals surface area contributed by atoms with E-state index in [2.05, 4.69) is 0 Å². The Morgan fingerprint density at radius 1 is 0.971 bits per heavy atom. The van der Waals surface area contributed by atoms with Crippen molar-refractivity contribution in [3.05, 3.63) is 35.9 Å². The van der Waals surface area contributed by atoms with Crippen molar-refractivity contribution < 1.29 is 34.2 Å². The highest BCUT2D eigenvalue weighted by atomic mass is 16.6. The topological polar surface area (TPSA) is 140 Å². The molecule has 0 saturated carbocycles. The largest absolute Gasteiger partial charge is 0.465 e. The smallest absolute Gasteiger partial charge is 0.410 e. The maximum absolute atomic E-state index is 13.5. The Morgan fingerprint density at radius 3 is 2.32 bits per heavy atom. The zero-order valence-electron chi connectivity index (χ0n) is 18.8. The van der Waals surface area contributed by atoms with Gasteiger partial charge in [-0.05, 0) is 24.8 Å². The maximum atomic E-state index is 13.5. The Balaban J connectivity index is 1.51. The molecule has 3 aliphatic rings. The minimum absolute atomic E-state index is 0.0673. The van der Waals surface area contributed by atoms with Crippen LogP contribution < -0.4 is 5.48 Å². The summed E-state index contributed by atoms with van der Waals surface area (Å²) >= 11 is 0. The molecule has 4 amide bonds. The van der Waals surface area contributed by atoms with Gasteiger partial charge >= 0.3 is 12.2 Å². The zero-order chi connectivity index (χ0) is 24.2. The van der Waals surface area contributed by atoms with Gasteiger partial charge in [0.2, 0.25) is 11.8 Å². The van der Waals surface area contributed by atoms with Gasteiger partial charge in [-0.1, -0.05) is 30.3 Å². The number of ether oxygens (including phenoxy) is 1. The molecule has 184 valence electrons. The summed E-state index contributed by atoms with van der Waals surface area (Å²) in [5, 5.41) is 19.2. The number of amides is 4. The summed E-state index contributed by atoms with van der Waals surface area (Å²) in [6.07, 6.45) is -0.475. The highest BCUT2D eigenvalue weighted by Gasteiger charge is 2.49. The molecule has 0 spiro atoms. The molecule has 0 aliphatic carbocycles. The average Bonchev–Trinajstić information content (AvgIpc) is 3.56. The third-order valence-electron chi connectivity index (χ3n) is 6.98. The summed E-state index contributed by atoms with van der Waals surface area (Å²) in [5.41, 5.74) is 2.65. The Bertz CT molecular complexity index is 921. The third kappa shape index (κ3) is 4.93. The second kappa shape index (κ2) is 10.3. The molecule has 4 rings (SSSR count). The van der Waals surface area contributed by atoms with Gasteiger partial charge in [0.05, 0.1) is 12.5 Å². The van der Waals surface area contributed by atoms with E-state index in [1.807, 2.05) is 30.3 Å². The first-order chi connectivity index (χ1) is 16.4. The number of likely N-dealkylation sites (tertiary alicyclic amines) is 3. The number of rotatable bonds is 4. The summed E-state index contributed by atoms with van der Waals surface area (Å²) in [5.74, 6) is -2.45. The van der Waals surface area contributed by atoms with Gasteiger partial charge in [-0.25, -0.2) is 15.1 Å². The van der Waals surface area contributed by atoms with Crippen molar-refractivity contribution >= 4 is 24.0 Å². The predicted octanol–water partition coefficient (Wildman–Crippen LogP) is 1.48. The summed E-state index contributed by atoms with van der Waals surface area (Å²) in [4.78, 5) is 54.6. The second-order valence-corrected chi connectivity index (χ2v) is 9.08. The van der Waals surface area contributed by atoms with Gasteiger partial charge in [0, 0.05) is 38.5 Å². The molecule has 0 bridgehead atoms. The molecule has 1 aromatic carbocycles. The van der Waals surface area contributed by atoms with Crippen LogP contribution in [0.4, 0.5) is 9.59 Å². The molecule has 3 saturated heterocycles. The summed E-state index contributed by atoms with van der Waals surface area (Å²) in [7, 11) is 0. The second-order valence-electron chi connectivity index (χ2n) is 9.08. The summed E-state index contributed by atoms with van der Waals surface area (Å²) in [6, 6.07) is 8.44. The van der Waals surface area contributed by atoms with E-state index in [0.717, 1.165) is 29.7 Å². The highest BCUT2D eigenvalue weighted by molar-refractivity contribution is 5.92. The van der Waals surface area contributed by atoms with Gasteiger partial charge in [0.1, 0.15) is 12.1 Å². The Labute approximate surface area is 197 Å². The van der Waals surface area contributed by atoms with Crippen molar-refractivity contribution in [1.82, 2.24) is 20.2 Å². The van der Waals surface area contributed by atoms with Crippen LogP contribution in [0.5, 0.6) is 0 Å². The van der Waals surface area contributed by atoms with Gasteiger partial charge in [0.15, 0.2) is 0 Å². The molecular weight excluding hydrogens is 444 g/mol. The molecule has 0 radical (unpaired) electrons. The van der Waals surface area contributed by atoms with Crippen LogP contribution in [-0.2, 0) is 14.3 Å². The third-order valence-corrected chi connectivity index (χ3v) is 6.98. The first-order valence-corrected chi connectivity index (χ1v) is 11.6. The highest BCUT2D eigenvalue weighted by Crippen LogP contribution is 2.32. The van der Waals surface area contributed by atoms with Crippen molar-refractivity contribution in [2.75, 3.05) is 32.7 Å². The van der Waals surface area contributed by atoms with Crippen LogP contribution in [-0.4, -0.2) is 93.9 Å². The number of piperidine rings is 1. The first-order valence-electron chi connectivity index (χ1n) is 11.6. The standard InChI is InChI=1S/C23H30N4O7/c28-20(24-33)18-12-17(34-23(32)25-9-4-5-10-25)14-27(22(30)31)19(18)21(29)26-11-8-16(13-26)15-6-2-1-3-7-15/h1-3,6-7,16-19,33H,4-5,8-14H2,(H,24,28)(H,30,31)/t16-,17?,18+,19+/m1/s1. The van der Waals surface area contributed by atoms with E-state index in [4.69, 9.17) is 4.74 Å². The molecule has 34 heavy (non-hydrogen) atoms. The molecule has 11 nitrogen and oxygen atoms in total. The fraction of sp³-hybridized carbons (Fsp3) is 0.565. The lowest BCUT2D eigenvalue weighted by Crippen LogP contribution is -2.62. The quantitative estimate of drug-likeness (QED) is 0.444.